The Labute approximate surface area is 94.7 Å². The van der Waals surface area contributed by atoms with Crippen LogP contribution in [0.25, 0.3) is 0 Å². The number of rotatable bonds is 5. The van der Waals surface area contributed by atoms with Crippen molar-refractivity contribution >= 4 is 0 Å². The number of hydrogen-bond donors (Lipinski definition) is 0. The van der Waals surface area contributed by atoms with Gasteiger partial charge < -0.3 is 0 Å². The van der Waals surface area contributed by atoms with Gasteiger partial charge in [0.15, 0.2) is 0 Å². The molecule has 0 aromatic heterocycles. The first-order chi connectivity index (χ1) is 7.12. The van der Waals surface area contributed by atoms with Crippen molar-refractivity contribution in [2.75, 3.05) is 0 Å². The lowest BCUT2D eigenvalue weighted by molar-refractivity contribution is 0.403. The molecular formula is C15H24. The maximum atomic E-state index is 2.40. The summed E-state index contributed by atoms with van der Waals surface area (Å²) in [5, 5.41) is 0. The minimum absolute atomic E-state index is 0.379. The molecule has 0 aliphatic heterocycles. The molecule has 0 bridgehead atoms. The van der Waals surface area contributed by atoms with Crippen LogP contribution in [0.2, 0.25) is 0 Å². The highest BCUT2D eigenvalue weighted by Gasteiger charge is 2.23. The highest BCUT2D eigenvalue weighted by molar-refractivity contribution is 5.27. The van der Waals surface area contributed by atoms with Crippen LogP contribution in [-0.4, -0.2) is 0 Å². The third kappa shape index (κ3) is 3.09. The fraction of sp³-hybridized carbons (Fsp3) is 0.600. The normalized spacial score (nSPS) is 14.9. The molecule has 0 saturated carbocycles. The predicted octanol–water partition coefficient (Wildman–Crippen LogP) is 4.85. The van der Waals surface area contributed by atoms with Crippen LogP contribution in [0.4, 0.5) is 0 Å². The average Bonchev–Trinajstić information content (AvgIpc) is 2.27. The summed E-state index contributed by atoms with van der Waals surface area (Å²) in [7, 11) is 0. The lowest BCUT2D eigenvalue weighted by atomic mass is 9.76. The van der Waals surface area contributed by atoms with Crippen molar-refractivity contribution in [1.82, 2.24) is 0 Å². The Morgan fingerprint density at radius 1 is 1.07 bits per heavy atom. The van der Waals surface area contributed by atoms with Gasteiger partial charge in [-0.25, -0.2) is 0 Å². The number of hydrogen-bond acceptors (Lipinski definition) is 0. The third-order valence-corrected chi connectivity index (χ3v) is 3.61. The van der Waals surface area contributed by atoms with Gasteiger partial charge in [-0.05, 0) is 30.7 Å². The third-order valence-electron chi connectivity index (χ3n) is 3.61. The molecular weight excluding hydrogens is 180 g/mol. The standard InChI is InChI=1S/C15H24/c1-5-7-12-15(4,6-2)14-10-8-13(3)9-11-14/h8-11H,5-7,12H2,1-4H3. The number of aryl methyl sites for hydroxylation is 1. The highest BCUT2D eigenvalue weighted by Crippen LogP contribution is 2.32. The van der Waals surface area contributed by atoms with Gasteiger partial charge in [0, 0.05) is 0 Å². The Morgan fingerprint density at radius 2 is 1.67 bits per heavy atom. The summed E-state index contributed by atoms with van der Waals surface area (Å²) in [6.07, 6.45) is 5.17. The molecule has 1 rings (SSSR count). The van der Waals surface area contributed by atoms with Crippen LogP contribution in [0.5, 0.6) is 0 Å². The molecule has 0 nitrogen and oxygen atoms in total. The molecule has 1 atom stereocenters. The first-order valence-corrected chi connectivity index (χ1v) is 6.19. The van der Waals surface area contributed by atoms with E-state index in [0.29, 0.717) is 5.41 Å². The van der Waals surface area contributed by atoms with Gasteiger partial charge in [0.1, 0.15) is 0 Å². The lowest BCUT2D eigenvalue weighted by Gasteiger charge is -2.29. The lowest BCUT2D eigenvalue weighted by Crippen LogP contribution is -2.20. The van der Waals surface area contributed by atoms with Gasteiger partial charge in [0.05, 0.1) is 0 Å². The van der Waals surface area contributed by atoms with Crippen LogP contribution < -0.4 is 0 Å². The smallest absolute Gasteiger partial charge is 0.00779 e. The fourth-order valence-electron chi connectivity index (χ4n) is 2.05. The molecule has 15 heavy (non-hydrogen) atoms. The first kappa shape index (κ1) is 12.3. The van der Waals surface area contributed by atoms with Gasteiger partial charge in [-0.2, -0.15) is 0 Å². The highest BCUT2D eigenvalue weighted by atomic mass is 14.3. The Morgan fingerprint density at radius 3 is 2.13 bits per heavy atom. The van der Waals surface area contributed by atoms with Crippen molar-refractivity contribution in [1.29, 1.82) is 0 Å². The monoisotopic (exact) mass is 204 g/mol. The van der Waals surface area contributed by atoms with Crippen molar-refractivity contribution < 1.29 is 0 Å². The molecule has 0 aliphatic rings. The molecule has 0 radical (unpaired) electrons. The SMILES string of the molecule is CCCCC(C)(CC)c1ccc(C)cc1. The van der Waals surface area contributed by atoms with E-state index < -0.39 is 0 Å². The van der Waals surface area contributed by atoms with Crippen LogP contribution in [0, 0.1) is 6.92 Å². The van der Waals surface area contributed by atoms with Gasteiger partial charge in [0.25, 0.3) is 0 Å². The fourth-order valence-corrected chi connectivity index (χ4v) is 2.05. The summed E-state index contributed by atoms with van der Waals surface area (Å²) in [6, 6.07) is 9.06. The first-order valence-electron chi connectivity index (χ1n) is 6.19. The predicted molar refractivity (Wildman–Crippen MR) is 68.3 cm³/mol. The molecule has 0 aliphatic carbocycles. The van der Waals surface area contributed by atoms with Crippen molar-refractivity contribution in [2.45, 2.75) is 58.8 Å². The zero-order valence-corrected chi connectivity index (χ0v) is 10.6. The second-order valence-corrected chi connectivity index (χ2v) is 4.88. The molecule has 0 saturated heterocycles. The number of benzene rings is 1. The van der Waals surface area contributed by atoms with E-state index in [4.69, 9.17) is 0 Å². The van der Waals surface area contributed by atoms with E-state index >= 15 is 0 Å². The van der Waals surface area contributed by atoms with E-state index in [2.05, 4.69) is 52.0 Å². The Bertz CT molecular complexity index is 283. The number of unbranched alkanes of at least 4 members (excludes halogenated alkanes) is 1. The van der Waals surface area contributed by atoms with Crippen molar-refractivity contribution in [2.24, 2.45) is 0 Å². The maximum Gasteiger partial charge on any atom is -0.00779 e. The van der Waals surface area contributed by atoms with Crippen LogP contribution in [-0.2, 0) is 5.41 Å². The second kappa shape index (κ2) is 5.34. The molecule has 1 aromatic carbocycles. The molecule has 0 spiro atoms. The van der Waals surface area contributed by atoms with E-state index in [9.17, 15) is 0 Å². The van der Waals surface area contributed by atoms with E-state index in [1.165, 1.54) is 36.8 Å². The summed E-state index contributed by atoms with van der Waals surface area (Å²) < 4.78 is 0. The Balaban J connectivity index is 2.85. The van der Waals surface area contributed by atoms with Crippen LogP contribution in [0.1, 0.15) is 57.6 Å². The summed E-state index contributed by atoms with van der Waals surface area (Å²) in [4.78, 5) is 0. The molecule has 0 amide bonds. The van der Waals surface area contributed by atoms with Gasteiger partial charge in [-0.3, -0.25) is 0 Å². The Hall–Kier alpha value is -0.780. The molecule has 0 heteroatoms. The van der Waals surface area contributed by atoms with E-state index in [0.717, 1.165) is 0 Å². The maximum absolute atomic E-state index is 2.40. The molecule has 1 unspecified atom stereocenters. The molecule has 84 valence electrons. The van der Waals surface area contributed by atoms with E-state index in [-0.39, 0.29) is 0 Å². The molecule has 0 heterocycles. The quantitative estimate of drug-likeness (QED) is 0.643. The van der Waals surface area contributed by atoms with Crippen LogP contribution >= 0.6 is 0 Å². The van der Waals surface area contributed by atoms with Crippen LogP contribution in [0.15, 0.2) is 24.3 Å². The van der Waals surface area contributed by atoms with Gasteiger partial charge in [-0.1, -0.05) is 63.4 Å². The molecule has 1 aromatic rings. The minimum atomic E-state index is 0.379. The summed E-state index contributed by atoms with van der Waals surface area (Å²) in [6.45, 7) is 9.12. The van der Waals surface area contributed by atoms with Crippen molar-refractivity contribution in [3.63, 3.8) is 0 Å². The zero-order chi connectivity index (χ0) is 11.3. The molecule has 0 fully saturated rings. The van der Waals surface area contributed by atoms with E-state index in [1.54, 1.807) is 0 Å². The Kier molecular flexibility index (Phi) is 4.38. The average molecular weight is 204 g/mol. The van der Waals surface area contributed by atoms with Crippen LogP contribution in [0.3, 0.4) is 0 Å². The largest absolute Gasteiger partial charge is 0.0654 e. The van der Waals surface area contributed by atoms with Gasteiger partial charge in [-0.15, -0.1) is 0 Å². The minimum Gasteiger partial charge on any atom is -0.0654 e. The summed E-state index contributed by atoms with van der Waals surface area (Å²) >= 11 is 0. The second-order valence-electron chi connectivity index (χ2n) is 4.88. The van der Waals surface area contributed by atoms with Gasteiger partial charge in [0.2, 0.25) is 0 Å². The van der Waals surface area contributed by atoms with Crippen molar-refractivity contribution in [3.8, 4) is 0 Å². The van der Waals surface area contributed by atoms with Gasteiger partial charge >= 0.3 is 0 Å². The van der Waals surface area contributed by atoms with E-state index in [1.807, 2.05) is 0 Å². The zero-order valence-electron chi connectivity index (χ0n) is 10.6. The molecule has 0 N–H and O–H groups in total. The summed E-state index contributed by atoms with van der Waals surface area (Å²) in [5.74, 6) is 0. The topological polar surface area (TPSA) is 0 Å². The summed E-state index contributed by atoms with van der Waals surface area (Å²) in [5.41, 5.74) is 3.24. The van der Waals surface area contributed by atoms with Crippen molar-refractivity contribution in [3.05, 3.63) is 35.4 Å².